The average Bonchev–Trinajstić information content (AvgIpc) is 2.48. The molecule has 7 heteroatoms. The molecule has 1 saturated heterocycles. The van der Waals surface area contributed by atoms with Gasteiger partial charge in [0.25, 0.3) is 0 Å². The van der Waals surface area contributed by atoms with Crippen molar-refractivity contribution in [3.63, 3.8) is 0 Å². The van der Waals surface area contributed by atoms with Crippen LogP contribution in [0.1, 0.15) is 33.1 Å². The molecule has 21 heavy (non-hydrogen) atoms. The highest BCUT2D eigenvalue weighted by molar-refractivity contribution is 7.54. The van der Waals surface area contributed by atoms with Crippen molar-refractivity contribution in [3.05, 3.63) is 11.6 Å². The Hall–Kier alpha value is -1.17. The van der Waals surface area contributed by atoms with Crippen LogP contribution in [0, 0.1) is 22.7 Å². The molecule has 1 heterocycles. The van der Waals surface area contributed by atoms with E-state index >= 15 is 0 Å². The molecule has 0 N–H and O–H groups in total. The molecular weight excluding hydrogens is 289 g/mol. The summed E-state index contributed by atoms with van der Waals surface area (Å²) < 4.78 is 23.1. The third-order valence-corrected chi connectivity index (χ3v) is 6.02. The Balaban J connectivity index is 3.32. The van der Waals surface area contributed by atoms with Gasteiger partial charge in [0.2, 0.25) is 0 Å². The second kappa shape index (κ2) is 7.20. The summed E-state index contributed by atoms with van der Waals surface area (Å²) in [4.78, 5) is 2.01. The first-order chi connectivity index (χ1) is 9.84. The van der Waals surface area contributed by atoms with Gasteiger partial charge >= 0.3 is 7.60 Å². The monoisotopic (exact) mass is 311 g/mol. The van der Waals surface area contributed by atoms with E-state index in [4.69, 9.17) is 19.6 Å². The number of hydrogen-bond acceptors (Lipinski definition) is 6. The summed E-state index contributed by atoms with van der Waals surface area (Å²) in [5.41, 5.74) is -0.294. The maximum atomic E-state index is 12.9. The van der Waals surface area contributed by atoms with Gasteiger partial charge in [-0.2, -0.15) is 10.5 Å². The number of hydrogen-bond donors (Lipinski definition) is 0. The van der Waals surface area contributed by atoms with Crippen LogP contribution in [-0.4, -0.2) is 37.0 Å². The highest BCUT2D eigenvalue weighted by Crippen LogP contribution is 2.55. The van der Waals surface area contributed by atoms with E-state index in [1.165, 1.54) is 20.3 Å². The first-order valence-corrected chi connectivity index (χ1v) is 8.46. The van der Waals surface area contributed by atoms with Crippen LogP contribution >= 0.6 is 7.60 Å². The van der Waals surface area contributed by atoms with E-state index in [1.807, 2.05) is 17.0 Å². The van der Waals surface area contributed by atoms with E-state index in [2.05, 4.69) is 13.8 Å². The summed E-state index contributed by atoms with van der Waals surface area (Å²) in [7, 11) is -0.833. The fourth-order valence-corrected chi connectivity index (χ4v) is 4.35. The third kappa shape index (κ3) is 3.93. The minimum absolute atomic E-state index is 0.0873. The lowest BCUT2D eigenvalue weighted by atomic mass is 9.90. The van der Waals surface area contributed by atoms with Gasteiger partial charge in [-0.15, -0.1) is 0 Å². The Kier molecular flexibility index (Phi) is 6.13. The lowest BCUT2D eigenvalue weighted by Gasteiger charge is -2.47. The molecule has 0 bridgehead atoms. The number of rotatable bonds is 5. The Bertz CT molecular complexity index is 507. The zero-order valence-electron chi connectivity index (χ0n) is 13.0. The molecule has 1 rings (SSSR count). The predicted octanol–water partition coefficient (Wildman–Crippen LogP) is 3.04. The maximum absolute atomic E-state index is 12.9. The first kappa shape index (κ1) is 17.9. The Labute approximate surface area is 126 Å². The van der Waals surface area contributed by atoms with E-state index in [1.54, 1.807) is 0 Å². The molecule has 0 aromatic heterocycles. The first-order valence-electron chi connectivity index (χ1n) is 6.84. The van der Waals surface area contributed by atoms with E-state index in [0.29, 0.717) is 0 Å². The Morgan fingerprint density at radius 1 is 1.29 bits per heavy atom. The van der Waals surface area contributed by atoms with E-state index in [-0.39, 0.29) is 11.1 Å². The van der Waals surface area contributed by atoms with Gasteiger partial charge in [0.1, 0.15) is 23.5 Å². The Morgan fingerprint density at radius 3 is 2.29 bits per heavy atom. The molecule has 0 amide bonds. The molecular formula is C14H22N3O3P. The molecule has 0 radical (unpaired) electrons. The van der Waals surface area contributed by atoms with Gasteiger partial charge in [-0.3, -0.25) is 9.46 Å². The van der Waals surface area contributed by atoms with Gasteiger partial charge in [-0.05, 0) is 39.3 Å². The summed E-state index contributed by atoms with van der Waals surface area (Å²) in [6, 6.07) is 3.62. The number of nitriles is 2. The zero-order chi connectivity index (χ0) is 16.1. The molecule has 0 aliphatic carbocycles. The maximum Gasteiger partial charge on any atom is 0.351 e. The van der Waals surface area contributed by atoms with Crippen molar-refractivity contribution in [2.24, 2.45) is 0 Å². The van der Waals surface area contributed by atoms with Crippen LogP contribution in [0.3, 0.4) is 0 Å². The van der Waals surface area contributed by atoms with Gasteiger partial charge in [0, 0.05) is 19.8 Å². The molecule has 0 saturated carbocycles. The molecule has 1 fully saturated rings. The van der Waals surface area contributed by atoms with Crippen molar-refractivity contribution in [1.82, 2.24) is 4.90 Å². The fraction of sp³-hybridized carbons (Fsp3) is 0.714. The molecule has 0 aromatic rings. The molecule has 0 aromatic carbocycles. The molecule has 0 spiro atoms. The summed E-state index contributed by atoms with van der Waals surface area (Å²) in [5, 5.41) is 18.0. The zero-order valence-corrected chi connectivity index (χ0v) is 13.9. The highest BCUT2D eigenvalue weighted by Gasteiger charge is 2.44. The summed E-state index contributed by atoms with van der Waals surface area (Å²) in [6.07, 6.45) is 4.41. The number of allylic oxidation sites excluding steroid dienone is 1. The molecule has 1 aliphatic rings. The lowest BCUT2D eigenvalue weighted by Crippen LogP contribution is -2.52. The molecule has 1 aliphatic heterocycles. The van der Waals surface area contributed by atoms with Crippen LogP contribution in [0.5, 0.6) is 0 Å². The summed E-state index contributed by atoms with van der Waals surface area (Å²) in [5.74, 6) is -0.739. The van der Waals surface area contributed by atoms with Crippen molar-refractivity contribution in [2.45, 2.75) is 44.4 Å². The fourth-order valence-electron chi connectivity index (χ4n) is 2.67. The molecule has 1 atom stereocenters. The minimum atomic E-state index is -3.47. The van der Waals surface area contributed by atoms with Gasteiger partial charge < -0.3 is 9.05 Å². The second-order valence-electron chi connectivity index (χ2n) is 5.59. The van der Waals surface area contributed by atoms with Crippen LogP contribution in [-0.2, 0) is 13.6 Å². The van der Waals surface area contributed by atoms with Crippen molar-refractivity contribution < 1.29 is 13.6 Å². The SMILES string of the molecule is COP(=O)(OC)C(C=C(C#N)C#N)N1CCCCC1(C)C. The Morgan fingerprint density at radius 2 is 1.86 bits per heavy atom. The van der Waals surface area contributed by atoms with E-state index in [0.717, 1.165) is 25.8 Å². The van der Waals surface area contributed by atoms with Crippen molar-refractivity contribution >= 4 is 7.60 Å². The van der Waals surface area contributed by atoms with Crippen LogP contribution in [0.4, 0.5) is 0 Å². The topological polar surface area (TPSA) is 86.3 Å². The van der Waals surface area contributed by atoms with E-state index in [9.17, 15) is 4.57 Å². The summed E-state index contributed by atoms with van der Waals surface area (Å²) >= 11 is 0. The number of nitrogens with zero attached hydrogens (tertiary/aromatic N) is 3. The lowest BCUT2D eigenvalue weighted by molar-refractivity contribution is 0.0636. The smallest absolute Gasteiger partial charge is 0.311 e. The van der Waals surface area contributed by atoms with Crippen molar-refractivity contribution in [3.8, 4) is 12.1 Å². The van der Waals surface area contributed by atoms with Crippen molar-refractivity contribution in [2.75, 3.05) is 20.8 Å². The molecule has 6 nitrogen and oxygen atoms in total. The van der Waals surface area contributed by atoms with E-state index < -0.39 is 13.4 Å². The highest BCUT2D eigenvalue weighted by atomic mass is 31.2. The minimum Gasteiger partial charge on any atom is -0.311 e. The van der Waals surface area contributed by atoms with Crippen LogP contribution in [0.2, 0.25) is 0 Å². The van der Waals surface area contributed by atoms with Gasteiger partial charge in [-0.1, -0.05) is 6.42 Å². The van der Waals surface area contributed by atoms with Gasteiger partial charge in [-0.25, -0.2) is 0 Å². The standard InChI is InChI=1S/C14H22N3O3P/c1-14(2)7-5-6-8-17(14)13(9-12(10-15)11-16)21(18,19-3)20-4/h9,13H,5-8H2,1-4H3. The molecule has 116 valence electrons. The number of piperidine rings is 1. The predicted molar refractivity (Wildman–Crippen MR) is 79.4 cm³/mol. The molecule has 1 unspecified atom stereocenters. The summed E-state index contributed by atoms with van der Waals surface area (Å²) in [6.45, 7) is 4.83. The van der Waals surface area contributed by atoms with Crippen LogP contribution in [0.25, 0.3) is 0 Å². The van der Waals surface area contributed by atoms with Crippen LogP contribution < -0.4 is 0 Å². The normalized spacial score (nSPS) is 20.1. The van der Waals surface area contributed by atoms with Gasteiger partial charge in [0.15, 0.2) is 0 Å². The largest absolute Gasteiger partial charge is 0.351 e. The third-order valence-electron chi connectivity index (χ3n) is 3.92. The van der Waals surface area contributed by atoms with Crippen molar-refractivity contribution in [1.29, 1.82) is 10.5 Å². The average molecular weight is 311 g/mol. The van der Waals surface area contributed by atoms with Crippen LogP contribution in [0.15, 0.2) is 11.6 Å². The number of likely N-dealkylation sites (tertiary alicyclic amines) is 1. The second-order valence-corrected chi connectivity index (χ2v) is 7.92. The quantitative estimate of drug-likeness (QED) is 0.573. The van der Waals surface area contributed by atoms with Gasteiger partial charge in [0.05, 0.1) is 0 Å².